The van der Waals surface area contributed by atoms with Crippen molar-refractivity contribution in [2.75, 3.05) is 33.2 Å². The zero-order valence-electron chi connectivity index (χ0n) is 12.1. The molecule has 1 saturated heterocycles. The van der Waals surface area contributed by atoms with Crippen LogP contribution in [-0.2, 0) is 6.54 Å². The molecule has 4 nitrogen and oxygen atoms in total. The van der Waals surface area contributed by atoms with E-state index in [1.54, 1.807) is 11.3 Å². The van der Waals surface area contributed by atoms with Gasteiger partial charge in [0.05, 0.1) is 11.4 Å². The van der Waals surface area contributed by atoms with Crippen molar-refractivity contribution >= 4 is 27.3 Å². The first-order chi connectivity index (χ1) is 10.2. The molecule has 0 saturated carbocycles. The van der Waals surface area contributed by atoms with Gasteiger partial charge in [-0.05, 0) is 24.7 Å². The van der Waals surface area contributed by atoms with Gasteiger partial charge in [0.15, 0.2) is 0 Å². The number of nitrogens with one attached hydrogen (secondary N) is 1. The van der Waals surface area contributed by atoms with E-state index in [0.29, 0.717) is 0 Å². The summed E-state index contributed by atoms with van der Waals surface area (Å²) in [5.41, 5.74) is 4.70. The van der Waals surface area contributed by atoms with Crippen LogP contribution in [0.4, 0.5) is 0 Å². The van der Waals surface area contributed by atoms with Crippen LogP contribution in [0.2, 0.25) is 0 Å². The number of hydrogen-bond donors (Lipinski definition) is 1. The van der Waals surface area contributed by atoms with Crippen LogP contribution in [0, 0.1) is 0 Å². The minimum atomic E-state index is 0.810. The summed E-state index contributed by atoms with van der Waals surface area (Å²) in [6.45, 7) is 5.19. The van der Waals surface area contributed by atoms with Gasteiger partial charge < -0.3 is 4.90 Å². The average molecular weight is 367 g/mol. The number of hydrogen-bond acceptors (Lipinski definition) is 5. The molecule has 0 aliphatic carbocycles. The molecule has 0 amide bonds. The molecule has 0 bridgehead atoms. The lowest BCUT2D eigenvalue weighted by Crippen LogP contribution is -2.50. The summed E-state index contributed by atoms with van der Waals surface area (Å²) in [6, 6.07) is 8.37. The van der Waals surface area contributed by atoms with E-state index in [1.807, 2.05) is 6.20 Å². The molecule has 1 aromatic heterocycles. The number of halogens is 1. The monoisotopic (exact) mass is 366 g/mol. The van der Waals surface area contributed by atoms with Gasteiger partial charge in [-0.2, -0.15) is 0 Å². The number of thiazole rings is 1. The summed E-state index contributed by atoms with van der Waals surface area (Å²) < 4.78 is 1.10. The molecule has 112 valence electrons. The van der Waals surface area contributed by atoms with E-state index in [4.69, 9.17) is 0 Å². The first-order valence-corrected chi connectivity index (χ1v) is 8.69. The van der Waals surface area contributed by atoms with Gasteiger partial charge in [0.2, 0.25) is 0 Å². The Hall–Kier alpha value is -0.790. The Balaban J connectivity index is 1.56. The third-order valence-electron chi connectivity index (χ3n) is 3.64. The number of nitrogens with zero attached hydrogens (tertiary/aromatic N) is 3. The Morgan fingerprint density at radius 1 is 1.19 bits per heavy atom. The van der Waals surface area contributed by atoms with Crippen LogP contribution in [0.15, 0.2) is 34.9 Å². The Kier molecular flexibility index (Phi) is 5.03. The van der Waals surface area contributed by atoms with E-state index in [1.165, 1.54) is 10.4 Å². The van der Waals surface area contributed by atoms with E-state index < -0.39 is 0 Å². The topological polar surface area (TPSA) is 31.4 Å². The van der Waals surface area contributed by atoms with E-state index in [9.17, 15) is 0 Å². The summed E-state index contributed by atoms with van der Waals surface area (Å²) in [5.74, 6) is 0. The lowest BCUT2D eigenvalue weighted by Gasteiger charge is -2.32. The van der Waals surface area contributed by atoms with Crippen molar-refractivity contribution in [3.05, 3.63) is 39.9 Å². The predicted octanol–water partition coefficient (Wildman–Crippen LogP) is 2.82. The fourth-order valence-corrected chi connectivity index (χ4v) is 3.40. The van der Waals surface area contributed by atoms with Gasteiger partial charge in [-0.3, -0.25) is 0 Å². The number of aromatic nitrogens is 1. The number of rotatable bonds is 4. The molecule has 0 radical (unpaired) electrons. The van der Waals surface area contributed by atoms with Crippen LogP contribution in [0.3, 0.4) is 0 Å². The number of likely N-dealkylation sites (N-methyl/N-ethyl adjacent to an activating group) is 1. The van der Waals surface area contributed by atoms with E-state index in [0.717, 1.165) is 42.2 Å². The molecule has 1 aromatic carbocycles. The highest BCUT2D eigenvalue weighted by Crippen LogP contribution is 2.27. The second-order valence-corrected chi connectivity index (χ2v) is 7.28. The summed E-state index contributed by atoms with van der Waals surface area (Å²) in [5, 5.41) is 3.42. The van der Waals surface area contributed by atoms with Crippen molar-refractivity contribution in [3.63, 3.8) is 0 Å². The van der Waals surface area contributed by atoms with Crippen LogP contribution in [-0.4, -0.2) is 48.1 Å². The number of benzene rings is 1. The molecule has 2 aromatic rings. The third-order valence-corrected chi connectivity index (χ3v) is 5.21. The molecule has 0 atom stereocenters. The summed E-state index contributed by atoms with van der Waals surface area (Å²) in [6.07, 6.45) is 1.97. The summed E-state index contributed by atoms with van der Waals surface area (Å²) >= 11 is 5.22. The van der Waals surface area contributed by atoms with Gasteiger partial charge in [-0.25, -0.2) is 15.4 Å². The molecule has 0 unspecified atom stereocenters. The number of hydrazine groups is 1. The maximum absolute atomic E-state index is 4.52. The maximum atomic E-state index is 4.52. The molecule has 1 N–H and O–H groups in total. The Labute approximate surface area is 137 Å². The van der Waals surface area contributed by atoms with Crippen molar-refractivity contribution in [2.24, 2.45) is 0 Å². The van der Waals surface area contributed by atoms with E-state index >= 15 is 0 Å². The van der Waals surface area contributed by atoms with E-state index in [-0.39, 0.29) is 0 Å². The quantitative estimate of drug-likeness (QED) is 0.901. The van der Waals surface area contributed by atoms with Gasteiger partial charge in [0, 0.05) is 36.8 Å². The second-order valence-electron chi connectivity index (χ2n) is 5.25. The molecule has 3 rings (SSSR count). The number of piperazine rings is 1. The Bertz CT molecular complexity index is 576. The normalized spacial score (nSPS) is 17.2. The fraction of sp³-hybridized carbons (Fsp3) is 0.400. The first kappa shape index (κ1) is 15.1. The highest BCUT2D eigenvalue weighted by molar-refractivity contribution is 9.10. The zero-order chi connectivity index (χ0) is 14.7. The average Bonchev–Trinajstić information content (AvgIpc) is 2.96. The highest BCUT2D eigenvalue weighted by Gasteiger charge is 2.13. The molecule has 6 heteroatoms. The minimum Gasteiger partial charge on any atom is -0.304 e. The van der Waals surface area contributed by atoms with Crippen molar-refractivity contribution in [3.8, 4) is 10.4 Å². The molecule has 2 heterocycles. The van der Waals surface area contributed by atoms with Gasteiger partial charge in [0.25, 0.3) is 0 Å². The first-order valence-electron chi connectivity index (χ1n) is 7.08. The molecule has 1 aliphatic heterocycles. The van der Waals surface area contributed by atoms with Gasteiger partial charge in [-0.15, -0.1) is 11.3 Å². The second kappa shape index (κ2) is 6.98. The molecule has 0 spiro atoms. The molecular formula is C15H19BrN4S. The van der Waals surface area contributed by atoms with Crippen molar-refractivity contribution in [1.82, 2.24) is 20.3 Å². The molecule has 1 aliphatic rings. The summed E-state index contributed by atoms with van der Waals surface area (Å²) in [7, 11) is 2.17. The standard InChI is InChI=1S/C15H19BrN4S/c1-19-6-8-20(9-7-19)18-11-15-17-10-14(21-15)12-2-4-13(16)5-3-12/h2-5,10,18H,6-9,11H2,1H3. The van der Waals surface area contributed by atoms with Crippen LogP contribution in [0.25, 0.3) is 10.4 Å². The largest absolute Gasteiger partial charge is 0.304 e. The van der Waals surface area contributed by atoms with Gasteiger partial charge >= 0.3 is 0 Å². The van der Waals surface area contributed by atoms with Crippen LogP contribution in [0.1, 0.15) is 5.01 Å². The SMILES string of the molecule is CN1CCN(NCc2ncc(-c3ccc(Br)cc3)s2)CC1. The van der Waals surface area contributed by atoms with Crippen LogP contribution in [0.5, 0.6) is 0 Å². The highest BCUT2D eigenvalue weighted by atomic mass is 79.9. The minimum absolute atomic E-state index is 0.810. The van der Waals surface area contributed by atoms with E-state index in [2.05, 4.69) is 67.6 Å². The van der Waals surface area contributed by atoms with Crippen molar-refractivity contribution in [1.29, 1.82) is 0 Å². The predicted molar refractivity (Wildman–Crippen MR) is 91.2 cm³/mol. The Morgan fingerprint density at radius 2 is 1.90 bits per heavy atom. The molecule has 21 heavy (non-hydrogen) atoms. The summed E-state index contributed by atoms with van der Waals surface area (Å²) in [4.78, 5) is 8.10. The van der Waals surface area contributed by atoms with Crippen LogP contribution < -0.4 is 5.43 Å². The lowest BCUT2D eigenvalue weighted by atomic mass is 10.2. The third kappa shape index (κ3) is 4.11. The van der Waals surface area contributed by atoms with Crippen LogP contribution >= 0.6 is 27.3 Å². The zero-order valence-corrected chi connectivity index (χ0v) is 14.5. The van der Waals surface area contributed by atoms with Crippen molar-refractivity contribution in [2.45, 2.75) is 6.54 Å². The van der Waals surface area contributed by atoms with Gasteiger partial charge in [0.1, 0.15) is 5.01 Å². The smallest absolute Gasteiger partial charge is 0.108 e. The van der Waals surface area contributed by atoms with Gasteiger partial charge in [-0.1, -0.05) is 28.1 Å². The molecular weight excluding hydrogens is 348 g/mol. The lowest BCUT2D eigenvalue weighted by molar-refractivity contribution is 0.102. The maximum Gasteiger partial charge on any atom is 0.108 e. The Morgan fingerprint density at radius 3 is 2.62 bits per heavy atom. The van der Waals surface area contributed by atoms with Crippen molar-refractivity contribution < 1.29 is 0 Å². The fourth-order valence-electron chi connectivity index (χ4n) is 2.28. The molecule has 1 fully saturated rings.